The average Bonchev–Trinajstić information content (AvgIpc) is 1.85. The number of allylic oxidation sites excluding steroid dienone is 1. The summed E-state index contributed by atoms with van der Waals surface area (Å²) >= 11 is 0. The van der Waals surface area contributed by atoms with Crippen LogP contribution in [0.25, 0.3) is 0 Å². The number of esters is 1. The lowest BCUT2D eigenvalue weighted by atomic mass is 10.4. The van der Waals surface area contributed by atoms with Crippen molar-refractivity contribution in [1.29, 1.82) is 0 Å². The van der Waals surface area contributed by atoms with Crippen LogP contribution >= 0.6 is 0 Å². The first-order valence-corrected chi connectivity index (χ1v) is 2.96. The highest BCUT2D eigenvalue weighted by Gasteiger charge is 1.90. The van der Waals surface area contributed by atoms with E-state index in [1.54, 1.807) is 13.0 Å². The molecule has 0 spiro atoms. The van der Waals surface area contributed by atoms with Crippen LogP contribution in [0, 0.1) is 6.61 Å². The molecule has 9 heavy (non-hydrogen) atoms. The number of hydrogen-bond acceptors (Lipinski definition) is 2. The molecule has 0 aliphatic carbocycles. The van der Waals surface area contributed by atoms with Crippen molar-refractivity contribution in [2.24, 2.45) is 0 Å². The van der Waals surface area contributed by atoms with Crippen molar-refractivity contribution in [3.8, 4) is 0 Å². The van der Waals surface area contributed by atoms with Crippen molar-refractivity contribution < 1.29 is 9.53 Å². The maximum Gasteiger partial charge on any atom is 0.330 e. The molecular weight excluding hydrogens is 116 g/mol. The lowest BCUT2D eigenvalue weighted by Gasteiger charge is -1.91. The predicted molar refractivity (Wildman–Crippen MR) is 35.5 cm³/mol. The summed E-state index contributed by atoms with van der Waals surface area (Å²) in [6.45, 7) is 4.99. The Bertz CT molecular complexity index is 105. The zero-order chi connectivity index (χ0) is 7.11. The molecule has 0 rings (SSSR count). The third-order valence-corrected chi connectivity index (χ3v) is 0.724. The average molecular weight is 127 g/mol. The van der Waals surface area contributed by atoms with Crippen LogP contribution in [0.15, 0.2) is 12.2 Å². The van der Waals surface area contributed by atoms with Crippen LogP contribution < -0.4 is 0 Å². The van der Waals surface area contributed by atoms with Gasteiger partial charge < -0.3 is 4.74 Å². The maximum absolute atomic E-state index is 10.5. The van der Waals surface area contributed by atoms with Gasteiger partial charge in [0.2, 0.25) is 0 Å². The maximum atomic E-state index is 10.5. The van der Waals surface area contributed by atoms with E-state index in [9.17, 15) is 4.79 Å². The second-order valence-electron chi connectivity index (χ2n) is 1.48. The normalized spacial score (nSPS) is 10.0. The SMILES string of the molecule is C[CH]OC(=O)/C=C/CC. The van der Waals surface area contributed by atoms with Gasteiger partial charge in [0, 0.05) is 6.08 Å². The number of carbonyl (C=O) groups excluding carboxylic acids is 1. The summed E-state index contributed by atoms with van der Waals surface area (Å²) < 4.78 is 4.49. The third-order valence-electron chi connectivity index (χ3n) is 0.724. The quantitative estimate of drug-likeness (QED) is 0.426. The topological polar surface area (TPSA) is 26.3 Å². The van der Waals surface area contributed by atoms with Crippen molar-refractivity contribution in [3.63, 3.8) is 0 Å². The third kappa shape index (κ3) is 5.07. The number of ether oxygens (including phenoxy) is 1. The molecule has 51 valence electrons. The van der Waals surface area contributed by atoms with Crippen molar-refractivity contribution >= 4 is 5.97 Å². The zero-order valence-corrected chi connectivity index (χ0v) is 5.76. The molecule has 0 aromatic heterocycles. The molecule has 0 atom stereocenters. The first-order chi connectivity index (χ1) is 4.31. The van der Waals surface area contributed by atoms with Gasteiger partial charge in [-0.15, -0.1) is 0 Å². The highest BCUT2D eigenvalue weighted by atomic mass is 16.5. The van der Waals surface area contributed by atoms with Crippen LogP contribution in [0.1, 0.15) is 20.3 Å². The molecule has 0 saturated heterocycles. The van der Waals surface area contributed by atoms with Crippen LogP contribution in [0.3, 0.4) is 0 Å². The van der Waals surface area contributed by atoms with Gasteiger partial charge in [0.05, 0.1) is 0 Å². The molecule has 1 radical (unpaired) electrons. The van der Waals surface area contributed by atoms with E-state index in [2.05, 4.69) is 4.74 Å². The molecule has 0 fully saturated rings. The van der Waals surface area contributed by atoms with E-state index < -0.39 is 0 Å². The summed E-state index contributed by atoms with van der Waals surface area (Å²) in [4.78, 5) is 10.5. The fraction of sp³-hybridized carbons (Fsp3) is 0.429. The monoisotopic (exact) mass is 127 g/mol. The Balaban J connectivity index is 3.37. The molecule has 0 aliphatic heterocycles. The molecule has 2 heteroatoms. The Morgan fingerprint density at radius 1 is 1.67 bits per heavy atom. The summed E-state index contributed by atoms with van der Waals surface area (Å²) in [5.41, 5.74) is 0. The molecule has 0 heterocycles. The minimum Gasteiger partial charge on any atom is -0.456 e. The molecule has 2 nitrogen and oxygen atoms in total. The summed E-state index contributed by atoms with van der Waals surface area (Å²) in [7, 11) is 0. The van der Waals surface area contributed by atoms with Gasteiger partial charge in [-0.2, -0.15) is 0 Å². The van der Waals surface area contributed by atoms with E-state index in [4.69, 9.17) is 0 Å². The first kappa shape index (κ1) is 8.21. The molecule has 0 aromatic carbocycles. The lowest BCUT2D eigenvalue weighted by molar-refractivity contribution is -0.134. The van der Waals surface area contributed by atoms with E-state index in [-0.39, 0.29) is 5.97 Å². The minimum absolute atomic E-state index is 0.306. The van der Waals surface area contributed by atoms with Crippen LogP contribution in [0.5, 0.6) is 0 Å². The Labute approximate surface area is 55.5 Å². The zero-order valence-electron chi connectivity index (χ0n) is 5.76. The van der Waals surface area contributed by atoms with Crippen LogP contribution in [0.2, 0.25) is 0 Å². The molecule has 0 unspecified atom stereocenters. The van der Waals surface area contributed by atoms with Gasteiger partial charge in [0.1, 0.15) is 6.61 Å². The molecule has 0 saturated carbocycles. The van der Waals surface area contributed by atoms with Crippen LogP contribution in [-0.2, 0) is 9.53 Å². The van der Waals surface area contributed by atoms with Gasteiger partial charge in [-0.25, -0.2) is 4.79 Å². The minimum atomic E-state index is -0.306. The molecule has 0 bridgehead atoms. The number of rotatable bonds is 3. The largest absolute Gasteiger partial charge is 0.456 e. The van der Waals surface area contributed by atoms with Crippen molar-refractivity contribution in [3.05, 3.63) is 18.8 Å². The van der Waals surface area contributed by atoms with E-state index >= 15 is 0 Å². The van der Waals surface area contributed by atoms with Gasteiger partial charge in [-0.3, -0.25) is 0 Å². The molecule has 0 amide bonds. The molecular formula is C7H11O2. The summed E-state index contributed by atoms with van der Waals surface area (Å²) in [6, 6.07) is 0. The molecule has 0 N–H and O–H groups in total. The second-order valence-corrected chi connectivity index (χ2v) is 1.48. The summed E-state index contributed by atoms with van der Waals surface area (Å²) in [6.07, 6.45) is 4.03. The van der Waals surface area contributed by atoms with Gasteiger partial charge >= 0.3 is 5.97 Å². The van der Waals surface area contributed by atoms with Gasteiger partial charge in [0.15, 0.2) is 0 Å². The van der Waals surface area contributed by atoms with Crippen LogP contribution in [0.4, 0.5) is 0 Å². The first-order valence-electron chi connectivity index (χ1n) is 2.96. The highest BCUT2D eigenvalue weighted by Crippen LogP contribution is 1.85. The van der Waals surface area contributed by atoms with Gasteiger partial charge in [0.25, 0.3) is 0 Å². The number of hydrogen-bond donors (Lipinski definition) is 0. The number of carbonyl (C=O) groups is 1. The highest BCUT2D eigenvalue weighted by molar-refractivity contribution is 5.82. The van der Waals surface area contributed by atoms with Gasteiger partial charge in [-0.05, 0) is 13.3 Å². The van der Waals surface area contributed by atoms with Crippen LogP contribution in [-0.4, -0.2) is 5.97 Å². The van der Waals surface area contributed by atoms with Crippen molar-refractivity contribution in [2.75, 3.05) is 0 Å². The standard InChI is InChI=1S/C7H11O2/c1-3-5-6-7(8)9-4-2/h4-6H,3H2,1-2H3/b6-5+. The van der Waals surface area contributed by atoms with E-state index in [1.807, 2.05) is 6.92 Å². The molecule has 0 aromatic rings. The lowest BCUT2D eigenvalue weighted by Crippen LogP contribution is -1.94. The molecule has 0 aliphatic rings. The Morgan fingerprint density at radius 3 is 2.78 bits per heavy atom. The fourth-order valence-electron chi connectivity index (χ4n) is 0.370. The van der Waals surface area contributed by atoms with E-state index in [0.717, 1.165) is 6.42 Å². The van der Waals surface area contributed by atoms with Crippen molar-refractivity contribution in [2.45, 2.75) is 20.3 Å². The van der Waals surface area contributed by atoms with Gasteiger partial charge in [-0.1, -0.05) is 13.0 Å². The van der Waals surface area contributed by atoms with E-state index in [0.29, 0.717) is 0 Å². The second kappa shape index (κ2) is 5.35. The fourth-order valence-corrected chi connectivity index (χ4v) is 0.370. The Morgan fingerprint density at radius 2 is 2.33 bits per heavy atom. The Hall–Kier alpha value is -0.790. The smallest absolute Gasteiger partial charge is 0.330 e. The summed E-state index contributed by atoms with van der Waals surface area (Å²) in [5.74, 6) is -0.306. The summed E-state index contributed by atoms with van der Waals surface area (Å²) in [5, 5.41) is 0. The van der Waals surface area contributed by atoms with E-state index in [1.165, 1.54) is 12.7 Å². The van der Waals surface area contributed by atoms with Crippen molar-refractivity contribution in [1.82, 2.24) is 0 Å². The Kier molecular flexibility index (Phi) is 4.88. The predicted octanol–water partition coefficient (Wildman–Crippen LogP) is 1.68.